The summed E-state index contributed by atoms with van der Waals surface area (Å²) in [6.45, 7) is 1.73. The number of non-ortho nitro benzene ring substituents is 1. The van der Waals surface area contributed by atoms with Crippen LogP contribution in [0.15, 0.2) is 72.8 Å². The Kier molecular flexibility index (Phi) is 5.11. The van der Waals surface area contributed by atoms with Crippen LogP contribution in [0.3, 0.4) is 0 Å². The smallest absolute Gasteiger partial charge is 0.395 e. The predicted molar refractivity (Wildman–Crippen MR) is 107 cm³/mol. The lowest BCUT2D eigenvalue weighted by atomic mass is 10.1. The first-order valence-corrected chi connectivity index (χ1v) is 9.14. The van der Waals surface area contributed by atoms with Gasteiger partial charge in [-0.15, -0.1) is 0 Å². The van der Waals surface area contributed by atoms with Gasteiger partial charge in [0.25, 0.3) is 5.69 Å². The normalized spacial score (nSPS) is 12.3. The molecule has 0 aromatic heterocycles. The summed E-state index contributed by atoms with van der Waals surface area (Å²) in [6, 6.07) is 21.0. The molecule has 0 bridgehead atoms. The van der Waals surface area contributed by atoms with E-state index in [1.165, 1.54) is 29.8 Å². The minimum Gasteiger partial charge on any atom is -0.395 e. The van der Waals surface area contributed by atoms with Crippen LogP contribution in [0.25, 0.3) is 0 Å². The largest absolute Gasteiger partial charge is 0.519 e. The first-order chi connectivity index (χ1) is 14.1. The van der Waals surface area contributed by atoms with Gasteiger partial charge >= 0.3 is 6.16 Å². The Balaban J connectivity index is 1.39. The van der Waals surface area contributed by atoms with Crippen LogP contribution in [-0.4, -0.2) is 17.6 Å². The third kappa shape index (κ3) is 4.35. The number of nitro groups is 1. The summed E-state index contributed by atoms with van der Waals surface area (Å²) in [7, 11) is 0. The van der Waals surface area contributed by atoms with Crippen molar-refractivity contribution in [1.29, 1.82) is 0 Å². The quantitative estimate of drug-likeness (QED) is 0.271. The highest BCUT2D eigenvalue weighted by molar-refractivity contribution is 5.69. The summed E-state index contributed by atoms with van der Waals surface area (Å²) in [5.41, 5.74) is 3.41. The minimum absolute atomic E-state index is 0.0793. The summed E-state index contributed by atoms with van der Waals surface area (Å²) in [6.07, 6.45) is -0.0190. The van der Waals surface area contributed by atoms with Crippen LogP contribution >= 0.6 is 0 Å². The van der Waals surface area contributed by atoms with E-state index in [2.05, 4.69) is 17.0 Å². The second kappa shape index (κ2) is 8.02. The molecule has 0 saturated heterocycles. The number of hydrogen-bond donors (Lipinski definition) is 0. The number of rotatable bonds is 5. The van der Waals surface area contributed by atoms with Crippen molar-refractivity contribution in [2.75, 3.05) is 11.4 Å². The van der Waals surface area contributed by atoms with Gasteiger partial charge in [0.1, 0.15) is 11.5 Å². The molecule has 3 aromatic rings. The Hall–Kier alpha value is -3.87. The molecule has 7 nitrogen and oxygen atoms in total. The number of benzene rings is 3. The van der Waals surface area contributed by atoms with Crippen molar-refractivity contribution >= 4 is 17.5 Å². The molecular formula is C22H18N2O5. The zero-order chi connectivity index (χ0) is 20.2. The van der Waals surface area contributed by atoms with Crippen molar-refractivity contribution in [1.82, 2.24) is 0 Å². The van der Waals surface area contributed by atoms with Gasteiger partial charge in [0.05, 0.1) is 4.92 Å². The highest BCUT2D eigenvalue weighted by atomic mass is 16.7. The Morgan fingerprint density at radius 1 is 0.966 bits per heavy atom. The zero-order valence-electron chi connectivity index (χ0n) is 15.5. The number of carbonyl (C=O) groups is 1. The Bertz CT molecular complexity index is 1030. The summed E-state index contributed by atoms with van der Waals surface area (Å²) >= 11 is 0. The van der Waals surface area contributed by atoms with Crippen molar-refractivity contribution in [2.45, 2.75) is 13.0 Å². The molecule has 1 heterocycles. The predicted octanol–water partition coefficient (Wildman–Crippen LogP) is 4.74. The van der Waals surface area contributed by atoms with E-state index in [1.54, 1.807) is 6.07 Å². The SMILES string of the molecule is O=C(Oc1ccc([N+](=O)[O-])cc1)Oc1ccc2c(c1)CCN2Cc1ccccc1. The Morgan fingerprint density at radius 3 is 2.38 bits per heavy atom. The molecule has 7 heteroatoms. The molecule has 3 aromatic carbocycles. The standard InChI is InChI=1S/C22H18N2O5/c25-22(28-19-8-6-18(7-9-19)24(26)27)29-20-10-11-21-17(14-20)12-13-23(21)15-16-4-2-1-3-5-16/h1-11,14H,12-13,15H2. The van der Waals surface area contributed by atoms with Crippen LogP contribution in [-0.2, 0) is 13.0 Å². The van der Waals surface area contributed by atoms with Crippen molar-refractivity contribution in [3.05, 3.63) is 94.0 Å². The fourth-order valence-electron chi connectivity index (χ4n) is 3.33. The topological polar surface area (TPSA) is 81.9 Å². The number of carbonyl (C=O) groups excluding carboxylic acids is 1. The van der Waals surface area contributed by atoms with Gasteiger partial charge in [-0.05, 0) is 47.9 Å². The molecular weight excluding hydrogens is 372 g/mol. The van der Waals surface area contributed by atoms with Crippen LogP contribution in [0.2, 0.25) is 0 Å². The highest BCUT2D eigenvalue weighted by Gasteiger charge is 2.20. The third-order valence-corrected chi connectivity index (χ3v) is 4.71. The molecule has 0 unspecified atom stereocenters. The molecule has 0 saturated carbocycles. The molecule has 1 aliphatic heterocycles. The van der Waals surface area contributed by atoms with Gasteiger partial charge in [0, 0.05) is 30.9 Å². The minimum atomic E-state index is -0.891. The summed E-state index contributed by atoms with van der Waals surface area (Å²) in [5.74, 6) is 0.577. The lowest BCUT2D eigenvalue weighted by Crippen LogP contribution is -2.19. The van der Waals surface area contributed by atoms with E-state index in [0.717, 1.165) is 30.8 Å². The molecule has 146 valence electrons. The lowest BCUT2D eigenvalue weighted by molar-refractivity contribution is -0.384. The lowest BCUT2D eigenvalue weighted by Gasteiger charge is -2.19. The maximum absolute atomic E-state index is 12.0. The second-order valence-corrected chi connectivity index (χ2v) is 6.65. The third-order valence-electron chi connectivity index (χ3n) is 4.71. The molecule has 0 amide bonds. The maximum Gasteiger partial charge on any atom is 0.519 e. The van der Waals surface area contributed by atoms with Crippen LogP contribution in [0.4, 0.5) is 16.2 Å². The van der Waals surface area contributed by atoms with Crippen molar-refractivity contribution in [3.8, 4) is 11.5 Å². The second-order valence-electron chi connectivity index (χ2n) is 6.65. The van der Waals surface area contributed by atoms with Crippen LogP contribution < -0.4 is 14.4 Å². The monoisotopic (exact) mass is 390 g/mol. The summed E-state index contributed by atoms with van der Waals surface area (Å²) in [4.78, 5) is 24.5. The molecule has 0 radical (unpaired) electrons. The van der Waals surface area contributed by atoms with E-state index in [4.69, 9.17) is 9.47 Å². The van der Waals surface area contributed by atoms with Gasteiger partial charge in [0.2, 0.25) is 0 Å². The van der Waals surface area contributed by atoms with E-state index in [-0.39, 0.29) is 11.4 Å². The Labute approximate surface area is 167 Å². The fraction of sp³-hybridized carbons (Fsp3) is 0.136. The number of nitro benzene ring substituents is 1. The molecule has 4 rings (SSSR count). The number of hydrogen-bond acceptors (Lipinski definition) is 6. The summed E-state index contributed by atoms with van der Waals surface area (Å²) < 4.78 is 10.3. The molecule has 0 aliphatic carbocycles. The van der Waals surface area contributed by atoms with Crippen molar-refractivity contribution in [2.24, 2.45) is 0 Å². The first-order valence-electron chi connectivity index (χ1n) is 9.14. The number of nitrogens with zero attached hydrogens (tertiary/aromatic N) is 2. The van der Waals surface area contributed by atoms with Gasteiger partial charge in [0.15, 0.2) is 0 Å². The molecule has 0 spiro atoms. The van der Waals surface area contributed by atoms with Gasteiger partial charge < -0.3 is 14.4 Å². The summed E-state index contributed by atoms with van der Waals surface area (Å²) in [5, 5.41) is 10.7. The maximum atomic E-state index is 12.0. The highest BCUT2D eigenvalue weighted by Crippen LogP contribution is 2.32. The van der Waals surface area contributed by atoms with Gasteiger partial charge in [-0.3, -0.25) is 10.1 Å². The average molecular weight is 390 g/mol. The van der Waals surface area contributed by atoms with Crippen molar-refractivity contribution < 1.29 is 19.2 Å². The van der Waals surface area contributed by atoms with E-state index in [1.807, 2.05) is 30.3 Å². The Morgan fingerprint density at radius 2 is 1.66 bits per heavy atom. The molecule has 0 fully saturated rings. The average Bonchev–Trinajstić information content (AvgIpc) is 3.11. The van der Waals surface area contributed by atoms with E-state index in [9.17, 15) is 14.9 Å². The van der Waals surface area contributed by atoms with E-state index < -0.39 is 11.1 Å². The molecule has 1 aliphatic rings. The van der Waals surface area contributed by atoms with E-state index >= 15 is 0 Å². The first kappa shape index (κ1) is 18.5. The van der Waals surface area contributed by atoms with Gasteiger partial charge in [-0.2, -0.15) is 0 Å². The molecule has 29 heavy (non-hydrogen) atoms. The van der Waals surface area contributed by atoms with Crippen LogP contribution in [0.5, 0.6) is 11.5 Å². The molecule has 0 N–H and O–H groups in total. The fourth-order valence-corrected chi connectivity index (χ4v) is 3.33. The van der Waals surface area contributed by atoms with Gasteiger partial charge in [-0.25, -0.2) is 4.79 Å². The van der Waals surface area contributed by atoms with Crippen molar-refractivity contribution in [3.63, 3.8) is 0 Å². The number of fused-ring (bicyclic) bond motifs is 1. The van der Waals surface area contributed by atoms with Crippen LogP contribution in [0, 0.1) is 10.1 Å². The zero-order valence-corrected chi connectivity index (χ0v) is 15.5. The van der Waals surface area contributed by atoms with Crippen LogP contribution in [0.1, 0.15) is 11.1 Å². The van der Waals surface area contributed by atoms with Gasteiger partial charge in [-0.1, -0.05) is 30.3 Å². The van der Waals surface area contributed by atoms with E-state index in [0.29, 0.717) is 5.75 Å². The number of anilines is 1. The molecule has 0 atom stereocenters. The number of ether oxygens (including phenoxy) is 2.